The number of nitrogens with zero attached hydrogens (tertiary/aromatic N) is 2. The molecular formula is C19H24N2O2S. The minimum atomic E-state index is -0.385. The average Bonchev–Trinajstić information content (AvgIpc) is 3.15. The highest BCUT2D eigenvalue weighted by Gasteiger charge is 2.31. The van der Waals surface area contributed by atoms with Gasteiger partial charge in [0, 0.05) is 23.5 Å². The van der Waals surface area contributed by atoms with Crippen LogP contribution in [0.4, 0.5) is 0 Å². The maximum atomic E-state index is 12.8. The smallest absolute Gasteiger partial charge is 0.273 e. The van der Waals surface area contributed by atoms with Crippen LogP contribution in [-0.2, 0) is 0 Å². The number of rotatable bonds is 4. The van der Waals surface area contributed by atoms with Gasteiger partial charge in [-0.15, -0.1) is 11.3 Å². The third-order valence-electron chi connectivity index (χ3n) is 4.59. The number of carbonyl (C=O) groups excluding carboxylic acids is 1. The van der Waals surface area contributed by atoms with Gasteiger partial charge < -0.3 is 10.0 Å². The third-order valence-corrected chi connectivity index (χ3v) is 5.46. The van der Waals surface area contributed by atoms with E-state index in [1.54, 1.807) is 6.92 Å². The van der Waals surface area contributed by atoms with Crippen molar-refractivity contribution >= 4 is 17.2 Å². The monoisotopic (exact) mass is 344 g/mol. The van der Waals surface area contributed by atoms with E-state index in [1.165, 1.54) is 22.5 Å². The fraction of sp³-hybridized carbons (Fsp3) is 0.474. The normalized spacial score (nSPS) is 18.8. The Hall–Kier alpha value is -1.72. The number of aliphatic hydroxyl groups is 1. The highest BCUT2D eigenvalue weighted by Crippen LogP contribution is 2.29. The molecule has 1 N–H and O–H groups in total. The second-order valence-electron chi connectivity index (χ2n) is 6.74. The van der Waals surface area contributed by atoms with Gasteiger partial charge in [0.15, 0.2) is 0 Å². The summed E-state index contributed by atoms with van der Waals surface area (Å²) in [6.07, 6.45) is 2.21. The summed E-state index contributed by atoms with van der Waals surface area (Å²) in [4.78, 5) is 19.3. The molecule has 0 aliphatic carbocycles. The molecule has 2 unspecified atom stereocenters. The van der Waals surface area contributed by atoms with E-state index >= 15 is 0 Å². The van der Waals surface area contributed by atoms with E-state index in [0.29, 0.717) is 12.1 Å². The first-order valence-corrected chi connectivity index (χ1v) is 9.36. The summed E-state index contributed by atoms with van der Waals surface area (Å²) in [5, 5.41) is 12.4. The fourth-order valence-corrected chi connectivity index (χ4v) is 4.32. The molecule has 1 aromatic heterocycles. The molecule has 0 spiro atoms. The van der Waals surface area contributed by atoms with Crippen LogP contribution < -0.4 is 0 Å². The molecule has 2 atom stereocenters. The molecule has 0 bridgehead atoms. The van der Waals surface area contributed by atoms with E-state index in [2.05, 4.69) is 37.0 Å². The van der Waals surface area contributed by atoms with Crippen molar-refractivity contribution in [2.45, 2.75) is 52.2 Å². The van der Waals surface area contributed by atoms with Crippen molar-refractivity contribution in [3.8, 4) is 10.6 Å². The summed E-state index contributed by atoms with van der Waals surface area (Å²) < 4.78 is 0. The second kappa shape index (κ2) is 7.03. The number of benzene rings is 1. The summed E-state index contributed by atoms with van der Waals surface area (Å²) >= 11 is 1.52. The van der Waals surface area contributed by atoms with E-state index in [1.807, 2.05) is 10.3 Å². The van der Waals surface area contributed by atoms with Crippen LogP contribution in [0.5, 0.6) is 0 Å². The van der Waals surface area contributed by atoms with Gasteiger partial charge in [0.1, 0.15) is 10.7 Å². The highest BCUT2D eigenvalue weighted by molar-refractivity contribution is 7.13. The molecular weight excluding hydrogens is 320 g/mol. The molecule has 3 rings (SSSR count). The summed E-state index contributed by atoms with van der Waals surface area (Å²) in [5.74, 6) is -0.00888. The summed E-state index contributed by atoms with van der Waals surface area (Å²) in [7, 11) is 0. The Morgan fingerprint density at radius 2 is 2.25 bits per heavy atom. The predicted molar refractivity (Wildman–Crippen MR) is 97.4 cm³/mol. The van der Waals surface area contributed by atoms with E-state index in [9.17, 15) is 9.90 Å². The van der Waals surface area contributed by atoms with Crippen molar-refractivity contribution in [1.82, 2.24) is 9.88 Å². The number of thiazole rings is 1. The fourth-order valence-electron chi connectivity index (χ4n) is 3.44. The zero-order chi connectivity index (χ0) is 17.3. The van der Waals surface area contributed by atoms with Gasteiger partial charge in [-0.2, -0.15) is 0 Å². The second-order valence-corrected chi connectivity index (χ2v) is 7.59. The van der Waals surface area contributed by atoms with Crippen molar-refractivity contribution in [2.75, 3.05) is 6.54 Å². The first-order valence-electron chi connectivity index (χ1n) is 8.48. The quantitative estimate of drug-likeness (QED) is 0.918. The van der Waals surface area contributed by atoms with Gasteiger partial charge >= 0.3 is 0 Å². The minimum absolute atomic E-state index is 0.00888. The first kappa shape index (κ1) is 17.1. The molecule has 24 heavy (non-hydrogen) atoms. The Bertz CT molecular complexity index is 739. The molecule has 1 aliphatic rings. The van der Waals surface area contributed by atoms with Crippen LogP contribution in [0, 0.1) is 13.8 Å². The lowest BCUT2D eigenvalue weighted by Crippen LogP contribution is -2.37. The number of aryl methyl sites for hydroxylation is 2. The van der Waals surface area contributed by atoms with Crippen LogP contribution in [0.15, 0.2) is 23.6 Å². The molecule has 1 saturated heterocycles. The zero-order valence-corrected chi connectivity index (χ0v) is 15.3. The maximum Gasteiger partial charge on any atom is 0.273 e. The molecule has 1 aromatic carbocycles. The standard InChI is InChI=1S/C19H24N2O2S/c1-12-6-7-16(13(2)9-12)18-20-17(11-24-18)19(23)21-8-4-5-15(21)10-14(3)22/h6-7,9,11,14-15,22H,4-5,8,10H2,1-3H3. The number of hydrogen-bond donors (Lipinski definition) is 1. The Labute approximate surface area is 147 Å². The van der Waals surface area contributed by atoms with Crippen LogP contribution in [-0.4, -0.2) is 39.6 Å². The lowest BCUT2D eigenvalue weighted by atomic mass is 10.1. The van der Waals surface area contributed by atoms with E-state index in [-0.39, 0.29) is 18.1 Å². The van der Waals surface area contributed by atoms with Crippen molar-refractivity contribution in [3.63, 3.8) is 0 Å². The molecule has 0 saturated carbocycles. The van der Waals surface area contributed by atoms with Crippen LogP contribution in [0.3, 0.4) is 0 Å². The largest absolute Gasteiger partial charge is 0.393 e. The van der Waals surface area contributed by atoms with E-state index in [4.69, 9.17) is 0 Å². The lowest BCUT2D eigenvalue weighted by molar-refractivity contribution is 0.0677. The summed E-state index contributed by atoms with van der Waals surface area (Å²) in [5.41, 5.74) is 4.01. The maximum absolute atomic E-state index is 12.8. The minimum Gasteiger partial charge on any atom is -0.393 e. The molecule has 5 heteroatoms. The van der Waals surface area contributed by atoms with Gasteiger partial charge in [0.25, 0.3) is 5.91 Å². The summed E-state index contributed by atoms with van der Waals surface area (Å²) in [6.45, 7) is 6.68. The van der Waals surface area contributed by atoms with Crippen molar-refractivity contribution < 1.29 is 9.90 Å². The average molecular weight is 344 g/mol. The van der Waals surface area contributed by atoms with Crippen molar-refractivity contribution in [3.05, 3.63) is 40.4 Å². The van der Waals surface area contributed by atoms with Gasteiger partial charge in [0.2, 0.25) is 0 Å². The zero-order valence-electron chi connectivity index (χ0n) is 14.5. The number of aromatic nitrogens is 1. The van der Waals surface area contributed by atoms with Gasteiger partial charge in [-0.25, -0.2) is 4.98 Å². The van der Waals surface area contributed by atoms with Crippen LogP contribution in [0.2, 0.25) is 0 Å². The number of amides is 1. The third kappa shape index (κ3) is 3.52. The van der Waals surface area contributed by atoms with Crippen molar-refractivity contribution in [2.24, 2.45) is 0 Å². The van der Waals surface area contributed by atoms with Gasteiger partial charge in [-0.05, 0) is 45.6 Å². The first-order chi connectivity index (χ1) is 11.5. The van der Waals surface area contributed by atoms with E-state index in [0.717, 1.165) is 30.0 Å². The van der Waals surface area contributed by atoms with E-state index < -0.39 is 0 Å². The number of carbonyl (C=O) groups is 1. The molecule has 1 amide bonds. The van der Waals surface area contributed by atoms with Gasteiger partial charge in [0.05, 0.1) is 6.10 Å². The predicted octanol–water partition coefficient (Wildman–Crippen LogP) is 3.80. The van der Waals surface area contributed by atoms with Gasteiger partial charge in [-0.3, -0.25) is 4.79 Å². The molecule has 0 radical (unpaired) electrons. The van der Waals surface area contributed by atoms with Crippen LogP contribution in [0.25, 0.3) is 10.6 Å². The van der Waals surface area contributed by atoms with Crippen molar-refractivity contribution in [1.29, 1.82) is 0 Å². The number of hydrogen-bond acceptors (Lipinski definition) is 4. The SMILES string of the molecule is Cc1ccc(-c2nc(C(=O)N3CCCC3CC(C)O)cs2)c(C)c1. The lowest BCUT2D eigenvalue weighted by Gasteiger charge is -2.24. The molecule has 4 nitrogen and oxygen atoms in total. The summed E-state index contributed by atoms with van der Waals surface area (Å²) in [6, 6.07) is 6.41. The van der Waals surface area contributed by atoms with Crippen LogP contribution in [0.1, 0.15) is 47.8 Å². The Balaban J connectivity index is 1.81. The molecule has 2 heterocycles. The van der Waals surface area contributed by atoms with Crippen LogP contribution >= 0.6 is 11.3 Å². The molecule has 1 fully saturated rings. The Morgan fingerprint density at radius 3 is 2.96 bits per heavy atom. The molecule has 2 aromatic rings. The highest BCUT2D eigenvalue weighted by atomic mass is 32.1. The Kier molecular flexibility index (Phi) is 5.01. The van der Waals surface area contributed by atoms with Gasteiger partial charge in [-0.1, -0.05) is 23.8 Å². The molecule has 128 valence electrons. The molecule has 1 aliphatic heterocycles. The number of likely N-dealkylation sites (tertiary alicyclic amines) is 1. The topological polar surface area (TPSA) is 53.4 Å². The Morgan fingerprint density at radius 1 is 1.46 bits per heavy atom. The number of aliphatic hydroxyl groups excluding tert-OH is 1.